The fraction of sp³-hybridized carbons (Fsp3) is 0.462. The minimum Gasteiger partial charge on any atom is -0.147 e. The molecule has 4 aromatic carbocycles. The van der Waals surface area contributed by atoms with Crippen molar-refractivity contribution >= 4 is 43.8 Å². The van der Waals surface area contributed by atoms with Crippen LogP contribution in [-0.4, -0.2) is 6.88 Å². The van der Waals surface area contributed by atoms with Gasteiger partial charge in [-0.1, -0.05) is 0 Å². The first-order valence-corrected chi connectivity index (χ1v) is 35.3. The maximum Gasteiger partial charge on any atom is -0.147 e. The number of hydrogen-bond acceptors (Lipinski definition) is 0. The van der Waals surface area contributed by atoms with Gasteiger partial charge in [-0.25, -0.2) is 0 Å². The zero-order valence-corrected chi connectivity index (χ0v) is 41.3. The molecule has 0 spiro atoms. The van der Waals surface area contributed by atoms with Crippen LogP contribution in [0.2, 0.25) is 9.26 Å². The summed E-state index contributed by atoms with van der Waals surface area (Å²) in [5.41, 5.74) is 22.0. The molecule has 0 aromatic heterocycles. The van der Waals surface area contributed by atoms with Gasteiger partial charge in [0.15, 0.2) is 0 Å². The van der Waals surface area contributed by atoms with E-state index in [0.717, 1.165) is 0 Å². The monoisotopic (exact) mass is 880 g/mol. The molecule has 4 aromatic rings. The van der Waals surface area contributed by atoms with Crippen LogP contribution < -0.4 is 0 Å². The summed E-state index contributed by atoms with van der Waals surface area (Å²) in [6.45, 7) is 16.6. The molecular formula is C52H68Cl2SiZr. The van der Waals surface area contributed by atoms with E-state index < -0.39 is 17.4 Å². The third kappa shape index (κ3) is 7.78. The maximum absolute atomic E-state index is 3.91. The summed E-state index contributed by atoms with van der Waals surface area (Å²) in [7, 11) is 0. The van der Waals surface area contributed by atoms with Crippen LogP contribution in [0.3, 0.4) is 0 Å². The predicted molar refractivity (Wildman–Crippen MR) is 251 cm³/mol. The van der Waals surface area contributed by atoms with Gasteiger partial charge < -0.3 is 0 Å². The molecule has 4 aliphatic carbocycles. The Hall–Kier alpha value is -1.96. The molecule has 0 bridgehead atoms. The third-order valence-electron chi connectivity index (χ3n) is 15.3. The Morgan fingerprint density at radius 1 is 0.554 bits per heavy atom. The molecule has 4 aliphatic rings. The van der Waals surface area contributed by atoms with Gasteiger partial charge in [-0.2, -0.15) is 0 Å². The number of rotatable bonds is 10. The summed E-state index contributed by atoms with van der Waals surface area (Å²) in [5.74, 6) is 0. The average molecular weight is 883 g/mol. The van der Waals surface area contributed by atoms with E-state index in [0.29, 0.717) is 18.1 Å². The Morgan fingerprint density at radius 3 is 1.21 bits per heavy atom. The van der Waals surface area contributed by atoms with Crippen molar-refractivity contribution in [3.8, 4) is 22.3 Å². The quantitative estimate of drug-likeness (QED) is 0.139. The molecule has 0 N–H and O–H groups in total. The van der Waals surface area contributed by atoms with Crippen LogP contribution in [0.4, 0.5) is 0 Å². The van der Waals surface area contributed by atoms with Crippen molar-refractivity contribution in [2.75, 3.05) is 0 Å². The Labute approximate surface area is 355 Å². The molecule has 0 amide bonds. The average Bonchev–Trinajstić information content (AvgIpc) is 3.92. The second-order valence-electron chi connectivity index (χ2n) is 20.1. The van der Waals surface area contributed by atoms with Gasteiger partial charge in [0.2, 0.25) is 0 Å². The second-order valence-corrected chi connectivity index (χ2v) is 50.6. The standard InChI is InChI=1S/2C25H29.2CH3.2ClH.H2Si.Zr/c2*1-4-25(10-5-6-11-25)17-20-15-21-8-7-9-23(24(21)16-20)22-13-18(2)12-19(3)14-22;;;;;;/h2*7-9,12-16H,4-6,10-11,17H2,1-3H3;2*1H3;2*1H;1H2;. The summed E-state index contributed by atoms with van der Waals surface area (Å²) in [5, 5.41) is 0. The SMILES string of the molecule is CCC1(CC2=Cc3c(-c4cc(C)cc(C)c4)cccc3[CH]2[Zr]([CH3])([CH3])(=[SiH2])[CH]2C(CC3(CC)CCCC3)=Cc3c(-c4cc(C)cc(C)c4)cccc32)CCCC1.Cl.Cl. The molecule has 0 heterocycles. The van der Waals surface area contributed by atoms with Crippen LogP contribution >= 0.6 is 24.8 Å². The molecular weight excluding hydrogens is 815 g/mol. The minimum atomic E-state index is -3.91. The summed E-state index contributed by atoms with van der Waals surface area (Å²) in [6, 6.07) is 29.2. The normalized spacial score (nSPS) is 20.8. The number of aryl methyl sites for hydroxylation is 4. The fourth-order valence-corrected chi connectivity index (χ4v) is 32.5. The first-order valence-electron chi connectivity index (χ1n) is 21.6. The van der Waals surface area contributed by atoms with E-state index in [1.54, 1.807) is 22.3 Å². The van der Waals surface area contributed by atoms with Gasteiger partial charge in [0, 0.05) is 0 Å². The van der Waals surface area contributed by atoms with Crippen molar-refractivity contribution in [1.29, 1.82) is 0 Å². The molecule has 298 valence electrons. The van der Waals surface area contributed by atoms with Gasteiger partial charge in [0.05, 0.1) is 0 Å². The minimum absolute atomic E-state index is 0. The summed E-state index contributed by atoms with van der Waals surface area (Å²) in [4.78, 5) is 0. The van der Waals surface area contributed by atoms with E-state index >= 15 is 0 Å². The van der Waals surface area contributed by atoms with Gasteiger partial charge in [-0.05, 0) is 0 Å². The van der Waals surface area contributed by atoms with E-state index in [2.05, 4.69) is 143 Å². The number of allylic oxidation sites excluding steroid dienone is 2. The van der Waals surface area contributed by atoms with Crippen LogP contribution in [0, 0.1) is 38.5 Å². The molecule has 0 nitrogen and oxygen atoms in total. The van der Waals surface area contributed by atoms with Gasteiger partial charge in [-0.3, -0.25) is 0 Å². The van der Waals surface area contributed by atoms with Crippen LogP contribution in [0.5, 0.6) is 0 Å². The Kier molecular flexibility index (Phi) is 12.7. The van der Waals surface area contributed by atoms with Crippen molar-refractivity contribution in [2.45, 2.75) is 135 Å². The van der Waals surface area contributed by atoms with E-state index in [4.69, 9.17) is 0 Å². The molecule has 4 heteroatoms. The van der Waals surface area contributed by atoms with E-state index in [-0.39, 0.29) is 24.8 Å². The van der Waals surface area contributed by atoms with Crippen molar-refractivity contribution < 1.29 is 17.4 Å². The largest absolute Gasteiger partial charge is 0.147 e. The van der Waals surface area contributed by atoms with Crippen molar-refractivity contribution in [3.05, 3.63) is 128 Å². The summed E-state index contributed by atoms with van der Waals surface area (Å²) >= 11 is -3.91. The molecule has 56 heavy (non-hydrogen) atoms. The van der Waals surface area contributed by atoms with Crippen molar-refractivity contribution in [2.24, 2.45) is 10.8 Å². The zero-order chi connectivity index (χ0) is 38.1. The number of fused-ring (bicyclic) bond motifs is 2. The molecule has 8 rings (SSSR count). The van der Waals surface area contributed by atoms with Crippen molar-refractivity contribution in [1.82, 2.24) is 0 Å². The van der Waals surface area contributed by atoms with E-state index in [1.165, 1.54) is 133 Å². The van der Waals surface area contributed by atoms with Crippen LogP contribution in [-0.2, 0) is 17.4 Å². The van der Waals surface area contributed by atoms with Crippen LogP contribution in [0.25, 0.3) is 34.4 Å². The van der Waals surface area contributed by atoms with E-state index in [1.807, 2.05) is 0 Å². The first kappa shape index (κ1) is 43.6. The summed E-state index contributed by atoms with van der Waals surface area (Å²) in [6.07, 6.45) is 21.9. The van der Waals surface area contributed by atoms with Gasteiger partial charge in [0.1, 0.15) is 0 Å². The number of hydrogen-bond donors (Lipinski definition) is 0. The summed E-state index contributed by atoms with van der Waals surface area (Å²) < 4.78 is 6.91. The van der Waals surface area contributed by atoms with Gasteiger partial charge in [-0.15, -0.1) is 24.8 Å². The van der Waals surface area contributed by atoms with Gasteiger partial charge >= 0.3 is 333 Å². The molecule has 2 atom stereocenters. The smallest absolute Gasteiger partial charge is 0.147 e. The Morgan fingerprint density at radius 2 is 0.893 bits per heavy atom. The number of halogens is 2. The fourth-order valence-electron chi connectivity index (χ4n) is 12.8. The maximum atomic E-state index is 2.91. The molecule has 0 radical (unpaired) electrons. The predicted octanol–water partition coefficient (Wildman–Crippen LogP) is 15.7. The van der Waals surface area contributed by atoms with Gasteiger partial charge in [0.25, 0.3) is 0 Å². The first-order chi connectivity index (χ1) is 25.7. The molecule has 2 saturated carbocycles. The molecule has 2 unspecified atom stereocenters. The third-order valence-corrected chi connectivity index (χ3v) is 32.8. The molecule has 0 saturated heterocycles. The topological polar surface area (TPSA) is 0 Å². The van der Waals surface area contributed by atoms with Crippen LogP contribution in [0.1, 0.15) is 143 Å². The number of benzene rings is 4. The zero-order valence-electron chi connectivity index (χ0n) is 35.7. The Bertz CT molecular complexity index is 2060. The van der Waals surface area contributed by atoms with E-state index in [9.17, 15) is 0 Å². The molecule has 0 aliphatic heterocycles. The Balaban J connectivity index is 0.00000266. The van der Waals surface area contributed by atoms with Crippen molar-refractivity contribution in [3.63, 3.8) is 0 Å². The molecule has 2 fully saturated rings. The van der Waals surface area contributed by atoms with Crippen LogP contribution in [0.15, 0.2) is 83.9 Å². The second kappa shape index (κ2) is 16.2.